The van der Waals surface area contributed by atoms with E-state index >= 15 is 0 Å². The normalized spacial score (nSPS) is 16.1. The summed E-state index contributed by atoms with van der Waals surface area (Å²) < 4.78 is 1.71. The molecule has 3 heterocycles. The van der Waals surface area contributed by atoms with Gasteiger partial charge in [-0.05, 0) is 52.2 Å². The van der Waals surface area contributed by atoms with Crippen LogP contribution in [0.1, 0.15) is 37.8 Å². The van der Waals surface area contributed by atoms with Gasteiger partial charge in [0.25, 0.3) is 5.56 Å². The molecule has 0 spiro atoms. The van der Waals surface area contributed by atoms with Crippen LogP contribution in [0.2, 0.25) is 0 Å². The Bertz CT molecular complexity index is 1280. The van der Waals surface area contributed by atoms with Crippen molar-refractivity contribution in [2.24, 2.45) is 5.92 Å². The van der Waals surface area contributed by atoms with E-state index in [1.807, 2.05) is 45.9 Å². The molecule has 3 aromatic rings. The van der Waals surface area contributed by atoms with Gasteiger partial charge in [-0.25, -0.2) is 4.98 Å². The number of carbonyl (C=O) groups is 2. The predicted octanol–water partition coefficient (Wildman–Crippen LogP) is 2.85. The molecule has 1 saturated heterocycles. The maximum Gasteiger partial charge on any atom is 0.273 e. The fraction of sp³-hybridized carbons (Fsp3) is 0.458. The maximum atomic E-state index is 13.0. The van der Waals surface area contributed by atoms with Gasteiger partial charge in [0.05, 0.1) is 5.92 Å². The first-order chi connectivity index (χ1) is 16.2. The standard InChI is InChI=1S/C24H30N6O3S/c1-14(2)26-22(32)17-6-5-9-29(11-17)24-28-21-20(34-24)23(33)30(13-25-21)12-19(31)27-18-8-7-15(3)10-16(18)4/h7-8,10,13-14,17H,5-6,9,11-12H2,1-4H3,(H,26,32)(H,27,31)/t17-/m1/s1. The monoisotopic (exact) mass is 482 g/mol. The minimum Gasteiger partial charge on any atom is -0.354 e. The molecule has 0 radical (unpaired) electrons. The van der Waals surface area contributed by atoms with E-state index in [0.29, 0.717) is 22.0 Å². The number of nitrogens with one attached hydrogen (secondary N) is 2. The topological polar surface area (TPSA) is 109 Å². The van der Waals surface area contributed by atoms with E-state index in [2.05, 4.69) is 25.5 Å². The number of nitrogens with zero attached hydrogens (tertiary/aromatic N) is 4. The average molecular weight is 483 g/mol. The molecule has 9 nitrogen and oxygen atoms in total. The highest BCUT2D eigenvalue weighted by atomic mass is 32.1. The van der Waals surface area contributed by atoms with E-state index in [-0.39, 0.29) is 35.9 Å². The lowest BCUT2D eigenvalue weighted by Gasteiger charge is -2.32. The van der Waals surface area contributed by atoms with Gasteiger partial charge in [0.15, 0.2) is 10.8 Å². The minimum absolute atomic E-state index is 0.0520. The van der Waals surface area contributed by atoms with Gasteiger partial charge in [0.2, 0.25) is 11.8 Å². The molecular weight excluding hydrogens is 452 g/mol. The van der Waals surface area contributed by atoms with Crippen molar-refractivity contribution in [1.29, 1.82) is 0 Å². The van der Waals surface area contributed by atoms with Crippen LogP contribution in [0.5, 0.6) is 0 Å². The van der Waals surface area contributed by atoms with E-state index in [0.717, 1.165) is 36.2 Å². The van der Waals surface area contributed by atoms with Gasteiger partial charge in [-0.1, -0.05) is 29.0 Å². The molecule has 1 aromatic carbocycles. The molecule has 1 aliphatic rings. The van der Waals surface area contributed by atoms with Crippen molar-refractivity contribution in [3.63, 3.8) is 0 Å². The highest BCUT2D eigenvalue weighted by molar-refractivity contribution is 7.22. The van der Waals surface area contributed by atoms with Gasteiger partial charge in [-0.2, -0.15) is 4.98 Å². The zero-order valence-electron chi connectivity index (χ0n) is 19.9. The number of fused-ring (bicyclic) bond motifs is 1. The summed E-state index contributed by atoms with van der Waals surface area (Å²) in [4.78, 5) is 49.0. The maximum absolute atomic E-state index is 13.0. The van der Waals surface area contributed by atoms with Gasteiger partial charge in [-0.3, -0.25) is 19.0 Å². The molecule has 34 heavy (non-hydrogen) atoms. The molecule has 2 N–H and O–H groups in total. The van der Waals surface area contributed by atoms with E-state index in [4.69, 9.17) is 0 Å². The number of aryl methyl sites for hydroxylation is 2. The van der Waals surface area contributed by atoms with E-state index < -0.39 is 0 Å². The number of piperidine rings is 1. The molecular formula is C24H30N6O3S. The van der Waals surface area contributed by atoms with Crippen molar-refractivity contribution in [2.75, 3.05) is 23.3 Å². The SMILES string of the molecule is Cc1ccc(NC(=O)Cn2cnc3nc(N4CCC[C@@H](C(=O)NC(C)C)C4)sc3c2=O)c(C)c1. The van der Waals surface area contributed by atoms with Crippen LogP contribution in [0, 0.1) is 19.8 Å². The second kappa shape index (κ2) is 9.92. The van der Waals surface area contributed by atoms with E-state index in [1.54, 1.807) is 0 Å². The highest BCUT2D eigenvalue weighted by Crippen LogP contribution is 2.29. The van der Waals surface area contributed by atoms with Gasteiger partial charge in [-0.15, -0.1) is 0 Å². The highest BCUT2D eigenvalue weighted by Gasteiger charge is 2.28. The molecule has 1 fully saturated rings. The quantitative estimate of drug-likeness (QED) is 0.559. The number of amides is 2. The Labute approximate surface area is 202 Å². The van der Waals surface area contributed by atoms with Crippen molar-refractivity contribution in [3.05, 3.63) is 46.0 Å². The first-order valence-corrected chi connectivity index (χ1v) is 12.3. The smallest absolute Gasteiger partial charge is 0.273 e. The van der Waals surface area contributed by atoms with Crippen LogP contribution in [-0.2, 0) is 16.1 Å². The van der Waals surface area contributed by atoms with Gasteiger partial charge in [0, 0.05) is 24.8 Å². The molecule has 0 aliphatic carbocycles. The summed E-state index contributed by atoms with van der Waals surface area (Å²) in [6.07, 6.45) is 3.08. The lowest BCUT2D eigenvalue weighted by atomic mass is 9.97. The Morgan fingerprint density at radius 3 is 2.79 bits per heavy atom. The van der Waals surface area contributed by atoms with Crippen molar-refractivity contribution in [3.8, 4) is 0 Å². The third-order valence-corrected chi connectivity index (χ3v) is 6.93. The second-order valence-electron chi connectivity index (χ2n) is 9.14. The average Bonchev–Trinajstić information content (AvgIpc) is 3.23. The Morgan fingerprint density at radius 2 is 2.06 bits per heavy atom. The number of hydrogen-bond donors (Lipinski definition) is 2. The summed E-state index contributed by atoms with van der Waals surface area (Å²) in [5, 5.41) is 6.53. The predicted molar refractivity (Wildman–Crippen MR) is 134 cm³/mol. The Morgan fingerprint density at radius 1 is 1.26 bits per heavy atom. The largest absolute Gasteiger partial charge is 0.354 e. The van der Waals surface area contributed by atoms with Crippen LogP contribution >= 0.6 is 11.3 Å². The number of carbonyl (C=O) groups excluding carboxylic acids is 2. The van der Waals surface area contributed by atoms with Gasteiger partial charge < -0.3 is 15.5 Å². The van der Waals surface area contributed by atoms with E-state index in [9.17, 15) is 14.4 Å². The van der Waals surface area contributed by atoms with Crippen LogP contribution < -0.4 is 21.1 Å². The fourth-order valence-electron chi connectivity index (χ4n) is 4.15. The van der Waals surface area contributed by atoms with Crippen LogP contribution in [0.4, 0.5) is 10.8 Å². The molecule has 2 amide bonds. The van der Waals surface area contributed by atoms with Crippen molar-refractivity contribution in [1.82, 2.24) is 19.9 Å². The lowest BCUT2D eigenvalue weighted by molar-refractivity contribution is -0.125. The van der Waals surface area contributed by atoms with Gasteiger partial charge in [0.1, 0.15) is 17.6 Å². The zero-order valence-corrected chi connectivity index (χ0v) is 20.7. The number of anilines is 2. The van der Waals surface area contributed by atoms with Crippen molar-refractivity contribution < 1.29 is 9.59 Å². The minimum atomic E-state index is -0.296. The zero-order chi connectivity index (χ0) is 24.4. The molecule has 1 atom stereocenters. The van der Waals surface area contributed by atoms with Gasteiger partial charge >= 0.3 is 0 Å². The summed E-state index contributed by atoms with van der Waals surface area (Å²) in [6.45, 7) is 9.02. The Kier molecular flexibility index (Phi) is 6.97. The molecule has 0 bridgehead atoms. The molecule has 2 aromatic heterocycles. The van der Waals surface area contributed by atoms with Crippen LogP contribution in [-0.4, -0.2) is 45.5 Å². The molecule has 4 rings (SSSR count). The third-order valence-electron chi connectivity index (χ3n) is 5.84. The van der Waals surface area contributed by atoms with Crippen molar-refractivity contribution in [2.45, 2.75) is 53.1 Å². The second-order valence-corrected chi connectivity index (χ2v) is 10.1. The van der Waals surface area contributed by atoms with Crippen LogP contribution in [0.3, 0.4) is 0 Å². The number of aromatic nitrogens is 3. The molecule has 0 unspecified atom stereocenters. The first kappa shape index (κ1) is 23.9. The van der Waals surface area contributed by atoms with E-state index in [1.165, 1.54) is 22.2 Å². The Balaban J connectivity index is 1.49. The summed E-state index contributed by atoms with van der Waals surface area (Å²) >= 11 is 1.26. The molecule has 1 aliphatic heterocycles. The van der Waals surface area contributed by atoms with Crippen LogP contribution in [0.25, 0.3) is 10.3 Å². The molecule has 180 valence electrons. The lowest BCUT2D eigenvalue weighted by Crippen LogP contribution is -2.44. The third kappa shape index (κ3) is 5.27. The summed E-state index contributed by atoms with van der Waals surface area (Å²) in [6, 6.07) is 5.88. The number of thiazole rings is 1. The number of rotatable bonds is 6. The number of benzene rings is 1. The first-order valence-electron chi connectivity index (χ1n) is 11.5. The molecule has 0 saturated carbocycles. The Hall–Kier alpha value is -3.27. The fourth-order valence-corrected chi connectivity index (χ4v) is 5.15. The summed E-state index contributed by atoms with van der Waals surface area (Å²) in [7, 11) is 0. The summed E-state index contributed by atoms with van der Waals surface area (Å²) in [5.74, 6) is -0.354. The van der Waals surface area contributed by atoms with Crippen molar-refractivity contribution >= 4 is 44.3 Å². The number of hydrogen-bond acceptors (Lipinski definition) is 7. The molecule has 10 heteroatoms. The van der Waals surface area contributed by atoms with Crippen LogP contribution in [0.15, 0.2) is 29.3 Å². The summed E-state index contributed by atoms with van der Waals surface area (Å²) in [5.41, 5.74) is 2.87.